The van der Waals surface area contributed by atoms with Crippen molar-refractivity contribution >= 4 is 35.8 Å². The van der Waals surface area contributed by atoms with Crippen molar-refractivity contribution in [2.24, 2.45) is 5.92 Å². The maximum Gasteiger partial charge on any atom is 0.228 e. The summed E-state index contributed by atoms with van der Waals surface area (Å²) in [6.07, 6.45) is 6.81. The van der Waals surface area contributed by atoms with Gasteiger partial charge in [-0.2, -0.15) is 0 Å². The van der Waals surface area contributed by atoms with Crippen LogP contribution in [0.4, 0.5) is 5.69 Å². The largest absolute Gasteiger partial charge is 0.326 e. The van der Waals surface area contributed by atoms with Crippen molar-refractivity contribution < 1.29 is 4.79 Å². The van der Waals surface area contributed by atoms with E-state index in [1.165, 1.54) is 37.0 Å². The molecule has 1 amide bonds. The molecular weight excluding hydrogens is 328 g/mol. The molecule has 1 unspecified atom stereocenters. The van der Waals surface area contributed by atoms with Crippen LogP contribution in [0.5, 0.6) is 0 Å². The van der Waals surface area contributed by atoms with Gasteiger partial charge in [-0.3, -0.25) is 4.79 Å². The Kier molecular flexibility index (Phi) is 9.03. The molecule has 0 aliphatic heterocycles. The van der Waals surface area contributed by atoms with E-state index in [1.807, 2.05) is 31.8 Å². The fraction of sp³-hybridized carbons (Fsp3) is 0.611. The van der Waals surface area contributed by atoms with Crippen LogP contribution in [0, 0.1) is 12.8 Å². The minimum Gasteiger partial charge on any atom is -0.326 e. The lowest BCUT2D eigenvalue weighted by atomic mass is 10.0. The zero-order valence-corrected chi connectivity index (χ0v) is 16.0. The highest BCUT2D eigenvalue weighted by Crippen LogP contribution is 2.34. The van der Waals surface area contributed by atoms with Crippen LogP contribution in [0.2, 0.25) is 0 Å². The second kappa shape index (κ2) is 10.2. The quantitative estimate of drug-likeness (QED) is 0.780. The predicted octanol–water partition coefficient (Wildman–Crippen LogP) is 4.64. The maximum atomic E-state index is 12.1. The van der Waals surface area contributed by atoms with Crippen molar-refractivity contribution in [2.45, 2.75) is 56.1 Å². The topological polar surface area (TPSA) is 41.1 Å². The van der Waals surface area contributed by atoms with Crippen LogP contribution >= 0.6 is 24.2 Å². The van der Waals surface area contributed by atoms with Crippen LogP contribution in [0.3, 0.4) is 0 Å². The summed E-state index contributed by atoms with van der Waals surface area (Å²) in [5, 5.41) is 6.84. The molecule has 1 atom stereocenters. The van der Waals surface area contributed by atoms with E-state index < -0.39 is 0 Å². The molecule has 1 saturated carbocycles. The first-order chi connectivity index (χ1) is 10.6. The molecular formula is C18H29ClN2OS. The lowest BCUT2D eigenvalue weighted by molar-refractivity contribution is -0.119. The molecule has 1 aromatic rings. The summed E-state index contributed by atoms with van der Waals surface area (Å²) in [6.45, 7) is 4.71. The van der Waals surface area contributed by atoms with Crippen LogP contribution in [0.25, 0.3) is 0 Å². The van der Waals surface area contributed by atoms with Crippen LogP contribution < -0.4 is 10.6 Å². The van der Waals surface area contributed by atoms with Crippen molar-refractivity contribution in [2.75, 3.05) is 18.9 Å². The molecule has 1 aliphatic carbocycles. The van der Waals surface area contributed by atoms with E-state index in [4.69, 9.17) is 0 Å². The summed E-state index contributed by atoms with van der Waals surface area (Å²) in [5.41, 5.74) is 2.08. The summed E-state index contributed by atoms with van der Waals surface area (Å²) in [6, 6.07) is 6.40. The van der Waals surface area contributed by atoms with Gasteiger partial charge in [0.2, 0.25) is 5.91 Å². The number of halogens is 1. The number of carbonyl (C=O) groups excluding carboxylic acids is 1. The fourth-order valence-corrected chi connectivity index (χ4v) is 4.23. The normalized spacial score (nSPS) is 16.5. The van der Waals surface area contributed by atoms with Gasteiger partial charge >= 0.3 is 0 Å². The first-order valence-corrected chi connectivity index (χ1v) is 9.21. The smallest absolute Gasteiger partial charge is 0.228 e. The molecule has 0 radical (unpaired) electrons. The molecule has 0 aromatic heterocycles. The molecule has 5 heteroatoms. The summed E-state index contributed by atoms with van der Waals surface area (Å²) in [7, 11) is 1.87. The van der Waals surface area contributed by atoms with Crippen LogP contribution in [0.1, 0.15) is 44.6 Å². The third-order valence-electron chi connectivity index (χ3n) is 4.27. The number of thioether (sulfide) groups is 1. The monoisotopic (exact) mass is 356 g/mol. The number of amides is 1. The van der Waals surface area contributed by atoms with Crippen molar-refractivity contribution in [3.63, 3.8) is 0 Å². The van der Waals surface area contributed by atoms with Gasteiger partial charge in [-0.25, -0.2) is 0 Å². The van der Waals surface area contributed by atoms with E-state index >= 15 is 0 Å². The zero-order valence-electron chi connectivity index (χ0n) is 14.4. The molecule has 1 fully saturated rings. The van der Waals surface area contributed by atoms with Crippen LogP contribution in [-0.2, 0) is 4.79 Å². The minimum atomic E-state index is -0.0271. The fourth-order valence-electron chi connectivity index (χ4n) is 2.88. The van der Waals surface area contributed by atoms with E-state index in [2.05, 4.69) is 29.7 Å². The van der Waals surface area contributed by atoms with Crippen LogP contribution in [0.15, 0.2) is 23.1 Å². The number of nitrogens with one attached hydrogen (secondary N) is 2. The predicted molar refractivity (Wildman–Crippen MR) is 103 cm³/mol. The highest BCUT2D eigenvalue weighted by atomic mass is 35.5. The summed E-state index contributed by atoms with van der Waals surface area (Å²) >= 11 is 2.00. The number of hydrogen-bond donors (Lipinski definition) is 2. The van der Waals surface area contributed by atoms with E-state index in [9.17, 15) is 4.79 Å². The number of anilines is 1. The Bertz CT molecular complexity index is 504. The summed E-state index contributed by atoms with van der Waals surface area (Å²) < 4.78 is 0. The average Bonchev–Trinajstić information content (AvgIpc) is 2.51. The van der Waals surface area contributed by atoms with Crippen molar-refractivity contribution in [3.05, 3.63) is 23.8 Å². The lowest BCUT2D eigenvalue weighted by Crippen LogP contribution is -2.28. The number of rotatable bonds is 6. The van der Waals surface area contributed by atoms with Gasteiger partial charge in [-0.05, 0) is 50.6 Å². The molecule has 2 rings (SSSR count). The third-order valence-corrected chi connectivity index (χ3v) is 5.60. The summed E-state index contributed by atoms with van der Waals surface area (Å²) in [5.74, 6) is 0.0471. The number of hydrogen-bond acceptors (Lipinski definition) is 3. The molecule has 0 saturated heterocycles. The van der Waals surface area contributed by atoms with Gasteiger partial charge in [0.25, 0.3) is 0 Å². The standard InChI is InChI=1S/C18H28N2OS.ClH/c1-13-11-16(22-15-7-5-4-6-8-15)9-10-17(13)20-18(21)14(2)12-19-3;/h9-11,14-15,19H,4-8,12H2,1-3H3,(H,20,21);1H. The van der Waals surface area contributed by atoms with Gasteiger partial charge in [-0.15, -0.1) is 24.2 Å². The lowest BCUT2D eigenvalue weighted by Gasteiger charge is -2.21. The van der Waals surface area contributed by atoms with E-state index in [0.717, 1.165) is 16.5 Å². The molecule has 130 valence electrons. The highest BCUT2D eigenvalue weighted by Gasteiger charge is 2.16. The molecule has 2 N–H and O–H groups in total. The number of benzene rings is 1. The van der Waals surface area contributed by atoms with E-state index in [-0.39, 0.29) is 24.2 Å². The molecule has 0 bridgehead atoms. The van der Waals surface area contributed by atoms with Crippen molar-refractivity contribution in [3.8, 4) is 0 Å². The second-order valence-corrected chi connectivity index (χ2v) is 7.68. The Labute approximate surface area is 150 Å². The van der Waals surface area contributed by atoms with Gasteiger partial charge in [0.1, 0.15) is 0 Å². The van der Waals surface area contributed by atoms with Crippen molar-refractivity contribution in [1.82, 2.24) is 5.32 Å². The molecule has 0 spiro atoms. The minimum absolute atomic E-state index is 0. The van der Waals surface area contributed by atoms with E-state index in [1.54, 1.807) is 0 Å². The first kappa shape index (κ1) is 20.3. The Morgan fingerprint density at radius 1 is 1.30 bits per heavy atom. The van der Waals surface area contributed by atoms with Gasteiger partial charge in [0, 0.05) is 28.3 Å². The molecule has 0 heterocycles. The maximum absolute atomic E-state index is 12.1. The molecule has 1 aliphatic rings. The third kappa shape index (κ3) is 6.36. The van der Waals surface area contributed by atoms with Crippen LogP contribution in [-0.4, -0.2) is 24.7 Å². The molecule has 23 heavy (non-hydrogen) atoms. The first-order valence-electron chi connectivity index (χ1n) is 8.33. The Balaban J connectivity index is 0.00000264. The van der Waals surface area contributed by atoms with Gasteiger partial charge in [-0.1, -0.05) is 26.2 Å². The Morgan fingerprint density at radius 3 is 2.61 bits per heavy atom. The second-order valence-electron chi connectivity index (χ2n) is 6.30. The SMILES string of the molecule is CNCC(C)C(=O)Nc1ccc(SC2CCCCC2)cc1C.Cl. The van der Waals surface area contributed by atoms with Gasteiger partial charge < -0.3 is 10.6 Å². The van der Waals surface area contributed by atoms with Crippen molar-refractivity contribution in [1.29, 1.82) is 0 Å². The van der Waals surface area contributed by atoms with E-state index in [0.29, 0.717) is 6.54 Å². The summed E-state index contributed by atoms with van der Waals surface area (Å²) in [4.78, 5) is 13.4. The van der Waals surface area contributed by atoms with Gasteiger partial charge in [0.05, 0.1) is 0 Å². The average molecular weight is 357 g/mol. The zero-order chi connectivity index (χ0) is 15.9. The Hall–Kier alpha value is -0.710. The number of aryl methyl sites for hydroxylation is 1. The van der Waals surface area contributed by atoms with Gasteiger partial charge in [0.15, 0.2) is 0 Å². The number of carbonyl (C=O) groups is 1. The Morgan fingerprint density at radius 2 is 2.00 bits per heavy atom. The highest BCUT2D eigenvalue weighted by molar-refractivity contribution is 8.00. The molecule has 3 nitrogen and oxygen atoms in total. The molecule has 1 aromatic carbocycles.